The highest BCUT2D eigenvalue weighted by atomic mass is 16.5. The summed E-state index contributed by atoms with van der Waals surface area (Å²) in [5, 5.41) is 8.37. The Labute approximate surface area is 183 Å². The first-order chi connectivity index (χ1) is 15.0. The monoisotopic (exact) mass is 429 g/mol. The van der Waals surface area contributed by atoms with E-state index < -0.39 is 12.1 Å². The molecule has 8 heteroatoms. The zero-order chi connectivity index (χ0) is 22.6. The third-order valence-electron chi connectivity index (χ3n) is 4.72. The molecule has 0 aliphatic heterocycles. The quantitative estimate of drug-likeness (QED) is 0.509. The van der Waals surface area contributed by atoms with E-state index in [-0.39, 0.29) is 5.91 Å². The van der Waals surface area contributed by atoms with Crippen LogP contribution in [0.1, 0.15) is 25.3 Å². The second-order valence-electron chi connectivity index (χ2n) is 6.87. The fourth-order valence-corrected chi connectivity index (χ4v) is 3.11. The maximum absolute atomic E-state index is 12.6. The molecule has 0 heterocycles. The summed E-state index contributed by atoms with van der Waals surface area (Å²) in [5.74, 6) is 1.62. The molecule has 0 aliphatic rings. The topological polar surface area (TPSA) is 97.9 Å². The lowest BCUT2D eigenvalue weighted by Gasteiger charge is -2.19. The average Bonchev–Trinajstić information content (AvgIpc) is 2.78. The lowest BCUT2D eigenvalue weighted by atomic mass is 10.1. The van der Waals surface area contributed by atoms with Gasteiger partial charge in [-0.2, -0.15) is 0 Å². The second kappa shape index (κ2) is 12.3. The van der Waals surface area contributed by atoms with Gasteiger partial charge < -0.3 is 30.2 Å². The maximum atomic E-state index is 12.6. The second-order valence-corrected chi connectivity index (χ2v) is 6.87. The lowest BCUT2D eigenvalue weighted by Crippen LogP contribution is -2.48. The van der Waals surface area contributed by atoms with Crippen molar-refractivity contribution >= 4 is 17.6 Å². The molecule has 2 aromatic rings. The Hall–Kier alpha value is -3.42. The van der Waals surface area contributed by atoms with Gasteiger partial charge in [-0.25, -0.2) is 4.79 Å². The van der Waals surface area contributed by atoms with E-state index in [0.717, 1.165) is 12.0 Å². The first kappa shape index (κ1) is 23.9. The van der Waals surface area contributed by atoms with E-state index in [4.69, 9.17) is 14.2 Å². The number of anilines is 1. The lowest BCUT2D eigenvalue weighted by molar-refractivity contribution is -0.123. The molecule has 31 heavy (non-hydrogen) atoms. The van der Waals surface area contributed by atoms with E-state index in [1.807, 2.05) is 31.2 Å². The molecule has 0 aromatic heterocycles. The molecule has 0 spiro atoms. The van der Waals surface area contributed by atoms with E-state index >= 15 is 0 Å². The van der Waals surface area contributed by atoms with Crippen molar-refractivity contribution in [1.29, 1.82) is 0 Å². The molecule has 8 nitrogen and oxygen atoms in total. The van der Waals surface area contributed by atoms with Crippen molar-refractivity contribution in [3.8, 4) is 17.2 Å². The highest BCUT2D eigenvalue weighted by Gasteiger charge is 2.20. The first-order valence-electron chi connectivity index (χ1n) is 10.2. The molecule has 1 atom stereocenters. The molecule has 0 aliphatic carbocycles. The number of hydrogen-bond donors (Lipinski definition) is 3. The summed E-state index contributed by atoms with van der Waals surface area (Å²) >= 11 is 0. The molecule has 0 radical (unpaired) electrons. The molecule has 0 bridgehead atoms. The molecule has 0 saturated carbocycles. The smallest absolute Gasteiger partial charge is 0.319 e. The summed E-state index contributed by atoms with van der Waals surface area (Å²) < 4.78 is 15.8. The highest BCUT2D eigenvalue weighted by molar-refractivity contribution is 5.94. The standard InChI is InChI=1S/C23H31N3O5/c1-5-8-18(26-23(28)25-17-9-6-7-10-19(17)29-2)22(27)24-14-13-16-11-12-20(30-3)21(15-16)31-4/h6-7,9-12,15,18H,5,8,13-14H2,1-4H3,(H,24,27)(H2,25,26,28). The number of hydrogen-bond acceptors (Lipinski definition) is 5. The van der Waals surface area contributed by atoms with Gasteiger partial charge >= 0.3 is 6.03 Å². The van der Waals surface area contributed by atoms with Gasteiger partial charge in [0, 0.05) is 6.54 Å². The predicted octanol–water partition coefficient (Wildman–Crippen LogP) is 3.36. The normalized spacial score (nSPS) is 11.2. The van der Waals surface area contributed by atoms with Crippen LogP contribution in [0.5, 0.6) is 17.2 Å². The zero-order valence-corrected chi connectivity index (χ0v) is 18.5. The minimum atomic E-state index is -0.634. The summed E-state index contributed by atoms with van der Waals surface area (Å²) in [5.41, 5.74) is 1.54. The fourth-order valence-electron chi connectivity index (χ4n) is 3.11. The van der Waals surface area contributed by atoms with Gasteiger partial charge in [-0.15, -0.1) is 0 Å². The van der Waals surface area contributed by atoms with E-state index in [0.29, 0.717) is 42.3 Å². The Kier molecular flexibility index (Phi) is 9.48. The van der Waals surface area contributed by atoms with Crippen LogP contribution in [-0.4, -0.2) is 45.9 Å². The van der Waals surface area contributed by atoms with Crippen LogP contribution in [0.15, 0.2) is 42.5 Å². The van der Waals surface area contributed by atoms with Gasteiger partial charge in [-0.05, 0) is 42.7 Å². The molecule has 3 N–H and O–H groups in total. The van der Waals surface area contributed by atoms with Crippen LogP contribution in [0.4, 0.5) is 10.5 Å². The van der Waals surface area contributed by atoms with Gasteiger partial charge in [0.15, 0.2) is 11.5 Å². The molecule has 3 amide bonds. The Bertz CT molecular complexity index is 872. The minimum Gasteiger partial charge on any atom is -0.495 e. The average molecular weight is 430 g/mol. The third-order valence-corrected chi connectivity index (χ3v) is 4.72. The Balaban J connectivity index is 1.90. The van der Waals surface area contributed by atoms with E-state index in [1.54, 1.807) is 32.4 Å². The molecule has 2 aromatic carbocycles. The van der Waals surface area contributed by atoms with E-state index in [2.05, 4.69) is 16.0 Å². The first-order valence-corrected chi connectivity index (χ1v) is 10.2. The molecular formula is C23H31N3O5. The summed E-state index contributed by atoms with van der Waals surface area (Å²) in [6, 6.07) is 11.6. The van der Waals surface area contributed by atoms with Gasteiger partial charge in [-0.1, -0.05) is 31.5 Å². The number of para-hydroxylation sites is 2. The van der Waals surface area contributed by atoms with Crippen LogP contribution in [0.2, 0.25) is 0 Å². The summed E-state index contributed by atoms with van der Waals surface area (Å²) in [4.78, 5) is 25.0. The number of rotatable bonds is 11. The number of ether oxygens (including phenoxy) is 3. The number of nitrogens with one attached hydrogen (secondary N) is 3. The highest BCUT2D eigenvalue weighted by Crippen LogP contribution is 2.27. The Morgan fingerprint density at radius 2 is 1.65 bits per heavy atom. The predicted molar refractivity (Wildman–Crippen MR) is 120 cm³/mol. The Morgan fingerprint density at radius 1 is 0.935 bits per heavy atom. The van der Waals surface area contributed by atoms with Crippen molar-refractivity contribution in [1.82, 2.24) is 10.6 Å². The van der Waals surface area contributed by atoms with E-state index in [1.165, 1.54) is 7.11 Å². The van der Waals surface area contributed by atoms with Crippen LogP contribution >= 0.6 is 0 Å². The van der Waals surface area contributed by atoms with Crippen LogP contribution < -0.4 is 30.2 Å². The number of benzene rings is 2. The molecular weight excluding hydrogens is 398 g/mol. The minimum absolute atomic E-state index is 0.225. The molecule has 2 rings (SSSR count). The van der Waals surface area contributed by atoms with Crippen LogP contribution in [0, 0.1) is 0 Å². The van der Waals surface area contributed by atoms with Gasteiger partial charge in [-0.3, -0.25) is 4.79 Å². The van der Waals surface area contributed by atoms with Crippen molar-refractivity contribution < 1.29 is 23.8 Å². The molecule has 168 valence electrons. The van der Waals surface area contributed by atoms with Crippen molar-refractivity contribution in [2.75, 3.05) is 33.2 Å². The number of carbonyl (C=O) groups is 2. The molecule has 1 unspecified atom stereocenters. The SMILES string of the molecule is CCCC(NC(=O)Nc1ccccc1OC)C(=O)NCCc1ccc(OC)c(OC)c1. The summed E-state index contributed by atoms with van der Waals surface area (Å²) in [7, 11) is 4.70. The number of urea groups is 1. The van der Waals surface area contributed by atoms with Crippen molar-refractivity contribution in [2.45, 2.75) is 32.2 Å². The van der Waals surface area contributed by atoms with Gasteiger partial charge in [0.25, 0.3) is 0 Å². The largest absolute Gasteiger partial charge is 0.495 e. The number of amides is 3. The van der Waals surface area contributed by atoms with Crippen molar-refractivity contribution in [3.05, 3.63) is 48.0 Å². The van der Waals surface area contributed by atoms with Crippen molar-refractivity contribution in [2.24, 2.45) is 0 Å². The number of carbonyl (C=O) groups excluding carboxylic acids is 2. The fraction of sp³-hybridized carbons (Fsp3) is 0.391. The van der Waals surface area contributed by atoms with Crippen LogP contribution in [0.3, 0.4) is 0 Å². The Morgan fingerprint density at radius 3 is 2.32 bits per heavy atom. The maximum Gasteiger partial charge on any atom is 0.319 e. The zero-order valence-electron chi connectivity index (χ0n) is 18.5. The van der Waals surface area contributed by atoms with Gasteiger partial charge in [0.05, 0.1) is 27.0 Å². The van der Waals surface area contributed by atoms with Gasteiger partial charge in [0.2, 0.25) is 5.91 Å². The molecule has 0 saturated heterocycles. The van der Waals surface area contributed by atoms with Gasteiger partial charge in [0.1, 0.15) is 11.8 Å². The number of methoxy groups -OCH3 is 3. The summed E-state index contributed by atoms with van der Waals surface area (Å²) in [6.45, 7) is 2.40. The third kappa shape index (κ3) is 7.09. The summed E-state index contributed by atoms with van der Waals surface area (Å²) in [6.07, 6.45) is 1.91. The van der Waals surface area contributed by atoms with Crippen LogP contribution in [-0.2, 0) is 11.2 Å². The van der Waals surface area contributed by atoms with Crippen molar-refractivity contribution in [3.63, 3.8) is 0 Å². The van der Waals surface area contributed by atoms with E-state index in [9.17, 15) is 9.59 Å². The molecule has 0 fully saturated rings. The van der Waals surface area contributed by atoms with Crippen LogP contribution in [0.25, 0.3) is 0 Å².